The van der Waals surface area contributed by atoms with Crippen molar-refractivity contribution in [3.63, 3.8) is 0 Å². The number of allylic oxidation sites excluding steroid dienone is 1. The summed E-state index contributed by atoms with van der Waals surface area (Å²) >= 11 is 0. The number of hydrogen-bond acceptors (Lipinski definition) is 3. The fraction of sp³-hybridized carbons (Fsp3) is 0.333. The molecule has 1 aliphatic heterocycles. The molecule has 82 valence electrons. The third-order valence-corrected chi connectivity index (χ3v) is 2.97. The van der Waals surface area contributed by atoms with Crippen molar-refractivity contribution in [2.45, 2.75) is 13.3 Å². The summed E-state index contributed by atoms with van der Waals surface area (Å²) in [5, 5.41) is 11.3. The number of rotatable bonds is 1. The highest BCUT2D eigenvalue weighted by molar-refractivity contribution is 5.79. The Bertz CT molecular complexity index is 541. The maximum Gasteiger partial charge on any atom is 0.155 e. The van der Waals surface area contributed by atoms with E-state index in [1.165, 1.54) is 5.70 Å². The van der Waals surface area contributed by atoms with E-state index in [1.807, 2.05) is 6.20 Å². The van der Waals surface area contributed by atoms with E-state index in [0.717, 1.165) is 35.5 Å². The second-order valence-electron chi connectivity index (χ2n) is 4.37. The van der Waals surface area contributed by atoms with Crippen molar-refractivity contribution < 1.29 is 0 Å². The number of aromatic amines is 1. The Kier molecular flexibility index (Phi) is 2.13. The molecular formula is C12H14N4. The summed E-state index contributed by atoms with van der Waals surface area (Å²) in [5.41, 5.74) is 3.17. The molecule has 0 saturated heterocycles. The third kappa shape index (κ3) is 1.56. The van der Waals surface area contributed by atoms with Gasteiger partial charge in [0, 0.05) is 29.4 Å². The first-order valence-electron chi connectivity index (χ1n) is 5.56. The zero-order valence-corrected chi connectivity index (χ0v) is 9.20. The second-order valence-corrected chi connectivity index (χ2v) is 4.37. The molecule has 2 N–H and O–H groups in total. The summed E-state index contributed by atoms with van der Waals surface area (Å²) in [4.78, 5) is 4.34. The molecule has 2 aromatic rings. The van der Waals surface area contributed by atoms with Crippen molar-refractivity contribution in [1.82, 2.24) is 20.5 Å². The topological polar surface area (TPSA) is 53.6 Å². The van der Waals surface area contributed by atoms with Gasteiger partial charge in [-0.15, -0.1) is 0 Å². The molecule has 2 aromatic heterocycles. The first kappa shape index (κ1) is 9.39. The lowest BCUT2D eigenvalue weighted by Gasteiger charge is -2.20. The summed E-state index contributed by atoms with van der Waals surface area (Å²) in [6.07, 6.45) is 7.07. The molecule has 3 rings (SSSR count). The van der Waals surface area contributed by atoms with Crippen molar-refractivity contribution in [2.24, 2.45) is 5.92 Å². The fourth-order valence-corrected chi connectivity index (χ4v) is 1.96. The predicted molar refractivity (Wildman–Crippen MR) is 63.6 cm³/mol. The van der Waals surface area contributed by atoms with Crippen LogP contribution in [0.3, 0.4) is 0 Å². The number of H-pyrrole nitrogens is 1. The fourth-order valence-electron chi connectivity index (χ4n) is 1.96. The van der Waals surface area contributed by atoms with Crippen molar-refractivity contribution >= 4 is 16.7 Å². The predicted octanol–water partition coefficient (Wildman–Crippen LogP) is 1.93. The number of nitrogens with one attached hydrogen (secondary N) is 2. The molecule has 0 bridgehead atoms. The molecule has 16 heavy (non-hydrogen) atoms. The van der Waals surface area contributed by atoms with Crippen LogP contribution in [0.25, 0.3) is 16.7 Å². The average Bonchev–Trinajstić information content (AvgIpc) is 2.77. The highest BCUT2D eigenvalue weighted by Crippen LogP contribution is 2.20. The van der Waals surface area contributed by atoms with E-state index in [9.17, 15) is 0 Å². The van der Waals surface area contributed by atoms with Crippen LogP contribution >= 0.6 is 0 Å². The van der Waals surface area contributed by atoms with Crippen molar-refractivity contribution in [2.75, 3.05) is 6.54 Å². The van der Waals surface area contributed by atoms with E-state index in [0.29, 0.717) is 0 Å². The number of pyridine rings is 1. The van der Waals surface area contributed by atoms with Gasteiger partial charge in [-0.05, 0) is 18.4 Å². The minimum atomic E-state index is 0.717. The van der Waals surface area contributed by atoms with Gasteiger partial charge in [0.1, 0.15) is 0 Å². The first-order chi connectivity index (χ1) is 7.83. The molecule has 0 fully saturated rings. The van der Waals surface area contributed by atoms with Gasteiger partial charge in [-0.25, -0.2) is 4.98 Å². The second kappa shape index (κ2) is 3.63. The van der Waals surface area contributed by atoms with Gasteiger partial charge in [0.05, 0.1) is 6.20 Å². The van der Waals surface area contributed by atoms with Gasteiger partial charge in [-0.1, -0.05) is 13.0 Å². The molecule has 0 amide bonds. The largest absolute Gasteiger partial charge is 0.384 e. The van der Waals surface area contributed by atoms with Gasteiger partial charge in [0.2, 0.25) is 0 Å². The van der Waals surface area contributed by atoms with Gasteiger partial charge in [-0.2, -0.15) is 5.10 Å². The van der Waals surface area contributed by atoms with E-state index >= 15 is 0 Å². The third-order valence-electron chi connectivity index (χ3n) is 2.97. The van der Waals surface area contributed by atoms with Crippen molar-refractivity contribution in [3.05, 3.63) is 30.1 Å². The van der Waals surface area contributed by atoms with E-state index < -0.39 is 0 Å². The molecule has 1 aliphatic rings. The lowest BCUT2D eigenvalue weighted by molar-refractivity contribution is 0.549. The molecule has 0 spiro atoms. The molecule has 4 nitrogen and oxygen atoms in total. The summed E-state index contributed by atoms with van der Waals surface area (Å²) in [7, 11) is 0. The summed E-state index contributed by atoms with van der Waals surface area (Å²) in [6.45, 7) is 3.28. The standard InChI is InChI=1S/C12H14N4/c1-8-2-3-11(13-5-8)9-4-10-7-15-16-12(10)14-6-9/h3-4,6-8,13H,2,5H2,1H3,(H,14,15,16). The van der Waals surface area contributed by atoms with Crippen LogP contribution in [0, 0.1) is 5.92 Å². The number of nitrogens with zero attached hydrogens (tertiary/aromatic N) is 2. The molecule has 0 aromatic carbocycles. The Morgan fingerprint density at radius 1 is 1.38 bits per heavy atom. The monoisotopic (exact) mass is 214 g/mol. The highest BCUT2D eigenvalue weighted by Gasteiger charge is 2.11. The minimum absolute atomic E-state index is 0.717. The van der Waals surface area contributed by atoms with Gasteiger partial charge in [0.25, 0.3) is 0 Å². The minimum Gasteiger partial charge on any atom is -0.384 e. The molecule has 0 aliphatic carbocycles. The Morgan fingerprint density at radius 3 is 3.12 bits per heavy atom. The van der Waals surface area contributed by atoms with Crippen LogP contribution in [-0.4, -0.2) is 21.7 Å². The van der Waals surface area contributed by atoms with E-state index in [2.05, 4.69) is 39.6 Å². The lowest BCUT2D eigenvalue weighted by Crippen LogP contribution is -2.23. The molecule has 3 heterocycles. The number of fused-ring (bicyclic) bond motifs is 1. The Hall–Kier alpha value is -1.84. The van der Waals surface area contributed by atoms with Crippen LogP contribution in [0.5, 0.6) is 0 Å². The van der Waals surface area contributed by atoms with Crippen molar-refractivity contribution in [1.29, 1.82) is 0 Å². The SMILES string of the molecule is CC1CC=C(c2cnc3[nH]ncc3c2)NC1. The highest BCUT2D eigenvalue weighted by atomic mass is 15.1. The van der Waals surface area contributed by atoms with E-state index in [1.54, 1.807) is 6.20 Å². The number of aromatic nitrogens is 3. The molecule has 0 saturated carbocycles. The van der Waals surface area contributed by atoms with Crippen LogP contribution in [0.4, 0.5) is 0 Å². The molecule has 0 radical (unpaired) electrons. The first-order valence-corrected chi connectivity index (χ1v) is 5.56. The van der Waals surface area contributed by atoms with Crippen LogP contribution in [-0.2, 0) is 0 Å². The molecule has 1 atom stereocenters. The molecule has 4 heteroatoms. The van der Waals surface area contributed by atoms with Crippen LogP contribution in [0.15, 0.2) is 24.5 Å². The van der Waals surface area contributed by atoms with Crippen LogP contribution in [0.2, 0.25) is 0 Å². The van der Waals surface area contributed by atoms with Gasteiger partial charge in [0.15, 0.2) is 5.65 Å². The van der Waals surface area contributed by atoms with Gasteiger partial charge >= 0.3 is 0 Å². The molecular weight excluding hydrogens is 200 g/mol. The smallest absolute Gasteiger partial charge is 0.155 e. The zero-order valence-electron chi connectivity index (χ0n) is 9.20. The molecule has 1 unspecified atom stereocenters. The number of hydrogen-bond donors (Lipinski definition) is 2. The van der Waals surface area contributed by atoms with Crippen LogP contribution in [0.1, 0.15) is 18.9 Å². The van der Waals surface area contributed by atoms with Crippen molar-refractivity contribution in [3.8, 4) is 0 Å². The van der Waals surface area contributed by atoms with Gasteiger partial charge < -0.3 is 5.32 Å². The summed E-state index contributed by atoms with van der Waals surface area (Å²) in [6, 6.07) is 2.11. The Labute approximate surface area is 93.8 Å². The Balaban J connectivity index is 1.99. The maximum absolute atomic E-state index is 4.34. The zero-order chi connectivity index (χ0) is 11.0. The maximum atomic E-state index is 4.34. The van der Waals surface area contributed by atoms with E-state index in [-0.39, 0.29) is 0 Å². The van der Waals surface area contributed by atoms with Crippen LogP contribution < -0.4 is 5.32 Å². The Morgan fingerprint density at radius 2 is 2.31 bits per heavy atom. The normalized spacial score (nSPS) is 20.6. The summed E-state index contributed by atoms with van der Waals surface area (Å²) < 4.78 is 0. The lowest BCUT2D eigenvalue weighted by atomic mass is 10.0. The quantitative estimate of drug-likeness (QED) is 0.762. The average molecular weight is 214 g/mol. The van der Waals surface area contributed by atoms with Gasteiger partial charge in [-0.3, -0.25) is 5.10 Å². The van der Waals surface area contributed by atoms with E-state index in [4.69, 9.17) is 0 Å². The summed E-state index contributed by atoms with van der Waals surface area (Å²) in [5.74, 6) is 0.717.